The van der Waals surface area contributed by atoms with Crippen LogP contribution in [-0.2, 0) is 11.3 Å². The molecule has 2 aliphatic heterocycles. The molecule has 3 heterocycles. The van der Waals surface area contributed by atoms with Crippen molar-refractivity contribution in [3.8, 4) is 11.3 Å². The standard InChI is InChI=1S/C30H35N3O3/c1-31(2)26(34)18-32-15-14-21-17-33-25-16-20(30(35)36)12-13-24(25)27(19-8-4-3-5-9-19)29(33)23-11-7-6-10-22(23)28(21)32/h6-7,10-13,16,19,21,28H,3-5,8-9,14-15,17-18H2,1-2H3,(H,35,36). The summed E-state index contributed by atoms with van der Waals surface area (Å²) in [5.41, 5.74) is 6.64. The summed E-state index contributed by atoms with van der Waals surface area (Å²) in [6, 6.07) is 14.7. The van der Waals surface area contributed by atoms with Gasteiger partial charge in [0.25, 0.3) is 0 Å². The molecule has 0 spiro atoms. The van der Waals surface area contributed by atoms with Crippen molar-refractivity contribution in [3.63, 3.8) is 0 Å². The molecular formula is C30H35N3O3. The molecule has 6 nitrogen and oxygen atoms in total. The molecule has 1 N–H and O–H groups in total. The third-order valence-electron chi connectivity index (χ3n) is 8.78. The van der Waals surface area contributed by atoms with Gasteiger partial charge in [0, 0.05) is 43.1 Å². The summed E-state index contributed by atoms with van der Waals surface area (Å²) in [5.74, 6) is 0.112. The lowest BCUT2D eigenvalue weighted by Crippen LogP contribution is -2.37. The summed E-state index contributed by atoms with van der Waals surface area (Å²) >= 11 is 0. The number of carbonyl (C=O) groups excluding carboxylic acids is 1. The molecule has 1 aromatic heterocycles. The Labute approximate surface area is 212 Å². The first-order chi connectivity index (χ1) is 17.4. The fraction of sp³-hybridized carbons (Fsp3) is 0.467. The summed E-state index contributed by atoms with van der Waals surface area (Å²) in [4.78, 5) is 28.7. The first kappa shape index (κ1) is 23.3. The first-order valence-electron chi connectivity index (χ1n) is 13.4. The Balaban J connectivity index is 1.57. The number of fused-ring (bicyclic) bond motifs is 7. The lowest BCUT2D eigenvalue weighted by atomic mass is 9.81. The maximum Gasteiger partial charge on any atom is 0.335 e. The number of aromatic nitrogens is 1. The molecule has 2 fully saturated rings. The second-order valence-electron chi connectivity index (χ2n) is 11.1. The van der Waals surface area contributed by atoms with Crippen LogP contribution in [0.25, 0.3) is 22.2 Å². The third kappa shape index (κ3) is 3.74. The van der Waals surface area contributed by atoms with E-state index in [-0.39, 0.29) is 11.9 Å². The van der Waals surface area contributed by atoms with Crippen LogP contribution in [0.3, 0.4) is 0 Å². The van der Waals surface area contributed by atoms with Gasteiger partial charge in [-0.05, 0) is 60.9 Å². The van der Waals surface area contributed by atoms with Gasteiger partial charge in [0.2, 0.25) is 5.91 Å². The van der Waals surface area contributed by atoms with Gasteiger partial charge in [0.05, 0.1) is 17.8 Å². The number of rotatable bonds is 4. The molecule has 0 radical (unpaired) electrons. The van der Waals surface area contributed by atoms with Crippen molar-refractivity contribution in [2.24, 2.45) is 5.92 Å². The normalized spacial score (nSPS) is 22.1. The number of carbonyl (C=O) groups is 2. The Hall–Kier alpha value is -3.12. The number of likely N-dealkylation sites (tertiary alicyclic amines) is 1. The van der Waals surface area contributed by atoms with Crippen LogP contribution in [0.15, 0.2) is 42.5 Å². The Morgan fingerprint density at radius 3 is 2.56 bits per heavy atom. The van der Waals surface area contributed by atoms with Crippen LogP contribution >= 0.6 is 0 Å². The molecule has 1 saturated carbocycles. The monoisotopic (exact) mass is 485 g/mol. The van der Waals surface area contributed by atoms with Gasteiger partial charge in [-0.2, -0.15) is 0 Å². The van der Waals surface area contributed by atoms with Crippen molar-refractivity contribution in [2.75, 3.05) is 27.2 Å². The van der Waals surface area contributed by atoms with Crippen LogP contribution in [0, 0.1) is 5.92 Å². The van der Waals surface area contributed by atoms with Gasteiger partial charge in [0.15, 0.2) is 0 Å². The van der Waals surface area contributed by atoms with Crippen LogP contribution < -0.4 is 0 Å². The van der Waals surface area contributed by atoms with E-state index >= 15 is 0 Å². The van der Waals surface area contributed by atoms with Gasteiger partial charge < -0.3 is 14.6 Å². The molecule has 3 aromatic rings. The van der Waals surface area contributed by atoms with Crippen LogP contribution in [0.5, 0.6) is 0 Å². The topological polar surface area (TPSA) is 65.8 Å². The van der Waals surface area contributed by atoms with Crippen molar-refractivity contribution in [1.29, 1.82) is 0 Å². The Bertz CT molecular complexity index is 1330. The van der Waals surface area contributed by atoms with Gasteiger partial charge in [-0.1, -0.05) is 49.6 Å². The summed E-state index contributed by atoms with van der Waals surface area (Å²) in [6.07, 6.45) is 7.19. The molecule has 1 aliphatic carbocycles. The van der Waals surface area contributed by atoms with Crippen molar-refractivity contribution < 1.29 is 14.7 Å². The van der Waals surface area contributed by atoms with Crippen LogP contribution in [0.2, 0.25) is 0 Å². The number of hydrogen-bond acceptors (Lipinski definition) is 3. The Morgan fingerprint density at radius 1 is 1.03 bits per heavy atom. The number of nitrogens with zero attached hydrogens (tertiary/aromatic N) is 3. The van der Waals surface area contributed by atoms with E-state index in [9.17, 15) is 14.7 Å². The fourth-order valence-corrected chi connectivity index (χ4v) is 7.06. The average Bonchev–Trinajstić information content (AvgIpc) is 3.38. The van der Waals surface area contributed by atoms with E-state index in [1.165, 1.54) is 59.9 Å². The number of hydrogen-bond donors (Lipinski definition) is 1. The van der Waals surface area contributed by atoms with Crippen molar-refractivity contribution in [3.05, 3.63) is 59.2 Å². The lowest BCUT2D eigenvalue weighted by molar-refractivity contribution is -0.130. The molecule has 36 heavy (non-hydrogen) atoms. The number of benzene rings is 2. The largest absolute Gasteiger partial charge is 0.478 e. The van der Waals surface area contributed by atoms with Crippen molar-refractivity contribution in [1.82, 2.24) is 14.4 Å². The number of aromatic carboxylic acids is 1. The number of carboxylic acid groups (broad SMARTS) is 1. The molecule has 3 aliphatic rings. The molecule has 1 amide bonds. The summed E-state index contributed by atoms with van der Waals surface area (Å²) < 4.78 is 2.44. The number of likely N-dealkylation sites (N-methyl/N-ethyl adjacent to an activating group) is 1. The predicted molar refractivity (Wildman–Crippen MR) is 141 cm³/mol. The van der Waals surface area contributed by atoms with E-state index in [2.05, 4.69) is 39.8 Å². The smallest absolute Gasteiger partial charge is 0.335 e. The quantitative estimate of drug-likeness (QED) is 0.529. The van der Waals surface area contributed by atoms with Crippen molar-refractivity contribution >= 4 is 22.8 Å². The highest BCUT2D eigenvalue weighted by molar-refractivity contribution is 5.98. The fourth-order valence-electron chi connectivity index (χ4n) is 7.06. The predicted octanol–water partition coefficient (Wildman–Crippen LogP) is 5.52. The van der Waals surface area contributed by atoms with E-state index in [0.29, 0.717) is 23.9 Å². The highest BCUT2D eigenvalue weighted by atomic mass is 16.4. The highest BCUT2D eigenvalue weighted by Gasteiger charge is 2.41. The minimum absolute atomic E-state index is 0.136. The maximum absolute atomic E-state index is 12.7. The Kier molecular flexibility index (Phi) is 5.87. The third-order valence-corrected chi connectivity index (χ3v) is 8.78. The van der Waals surface area contributed by atoms with Crippen LogP contribution in [-0.4, -0.2) is 58.5 Å². The lowest BCUT2D eigenvalue weighted by Gasteiger charge is -2.29. The van der Waals surface area contributed by atoms with E-state index < -0.39 is 5.97 Å². The number of amides is 1. The van der Waals surface area contributed by atoms with Gasteiger partial charge in [-0.15, -0.1) is 0 Å². The van der Waals surface area contributed by atoms with Gasteiger partial charge >= 0.3 is 5.97 Å². The number of carboxylic acids is 1. The summed E-state index contributed by atoms with van der Waals surface area (Å²) in [5, 5.41) is 11.0. The van der Waals surface area contributed by atoms with Gasteiger partial charge in [-0.3, -0.25) is 9.69 Å². The highest BCUT2D eigenvalue weighted by Crippen LogP contribution is 2.51. The average molecular weight is 486 g/mol. The van der Waals surface area contributed by atoms with Crippen LogP contribution in [0.4, 0.5) is 0 Å². The molecule has 6 heteroatoms. The molecule has 2 aromatic carbocycles. The molecule has 0 bridgehead atoms. The van der Waals surface area contributed by atoms with E-state index in [0.717, 1.165) is 25.0 Å². The Morgan fingerprint density at radius 2 is 1.81 bits per heavy atom. The van der Waals surface area contributed by atoms with Crippen LogP contribution in [0.1, 0.15) is 72.0 Å². The second-order valence-corrected chi connectivity index (χ2v) is 11.1. The van der Waals surface area contributed by atoms with E-state index in [4.69, 9.17) is 0 Å². The molecule has 188 valence electrons. The molecule has 1 saturated heterocycles. The van der Waals surface area contributed by atoms with E-state index in [1.807, 2.05) is 20.2 Å². The summed E-state index contributed by atoms with van der Waals surface area (Å²) in [7, 11) is 3.65. The maximum atomic E-state index is 12.7. The zero-order valence-corrected chi connectivity index (χ0v) is 21.2. The minimum Gasteiger partial charge on any atom is -0.478 e. The SMILES string of the molecule is CN(C)C(=O)CN1CCC2Cn3c(c(C4CCCCC4)c4ccc(C(=O)O)cc43)-c3ccccc3C21. The van der Waals surface area contributed by atoms with Crippen molar-refractivity contribution in [2.45, 2.75) is 57.0 Å². The first-order valence-corrected chi connectivity index (χ1v) is 13.4. The van der Waals surface area contributed by atoms with E-state index in [1.54, 1.807) is 11.0 Å². The molecule has 6 rings (SSSR count). The summed E-state index contributed by atoms with van der Waals surface area (Å²) in [6.45, 7) is 2.16. The molecular weight excluding hydrogens is 450 g/mol. The molecule has 2 atom stereocenters. The van der Waals surface area contributed by atoms with Gasteiger partial charge in [-0.25, -0.2) is 4.79 Å². The zero-order chi connectivity index (χ0) is 25.0. The minimum atomic E-state index is -0.882. The zero-order valence-electron chi connectivity index (χ0n) is 21.2. The second kappa shape index (κ2) is 9.07. The van der Waals surface area contributed by atoms with Gasteiger partial charge in [0.1, 0.15) is 0 Å². The molecule has 2 unspecified atom stereocenters.